The number of para-hydroxylation sites is 1. The van der Waals surface area contributed by atoms with E-state index in [0.717, 1.165) is 17.3 Å². The maximum absolute atomic E-state index is 12.1. The van der Waals surface area contributed by atoms with Crippen LogP contribution < -0.4 is 5.32 Å². The smallest absolute Gasteiger partial charge is 0.253 e. The fraction of sp³-hybridized carbons (Fsp3) is 0.400. The molecule has 19 heavy (non-hydrogen) atoms. The van der Waals surface area contributed by atoms with Gasteiger partial charge in [0.2, 0.25) is 0 Å². The molecule has 1 heterocycles. The Labute approximate surface area is 113 Å². The summed E-state index contributed by atoms with van der Waals surface area (Å²) in [5.74, 6) is -0.0439. The van der Waals surface area contributed by atoms with Crippen molar-refractivity contribution in [2.45, 2.75) is 26.4 Å². The van der Waals surface area contributed by atoms with E-state index in [4.69, 9.17) is 4.74 Å². The van der Waals surface area contributed by atoms with Gasteiger partial charge in [0, 0.05) is 24.7 Å². The Hall–Kier alpha value is -1.81. The monoisotopic (exact) mass is 260 g/mol. The summed E-state index contributed by atoms with van der Waals surface area (Å²) in [7, 11) is 0. The van der Waals surface area contributed by atoms with Crippen LogP contribution in [0.4, 0.5) is 0 Å². The van der Waals surface area contributed by atoms with Crippen LogP contribution in [-0.4, -0.2) is 30.1 Å². The lowest BCUT2D eigenvalue weighted by atomic mass is 10.1. The van der Waals surface area contributed by atoms with Crippen LogP contribution in [0.25, 0.3) is 10.9 Å². The van der Waals surface area contributed by atoms with Crippen molar-refractivity contribution in [3.05, 3.63) is 36.0 Å². The molecule has 2 aromatic rings. The molecule has 4 nitrogen and oxygen atoms in total. The number of hydrogen-bond acceptors (Lipinski definition) is 2. The zero-order chi connectivity index (χ0) is 13.7. The quantitative estimate of drug-likeness (QED) is 0.785. The van der Waals surface area contributed by atoms with Crippen LogP contribution >= 0.6 is 0 Å². The van der Waals surface area contributed by atoms with Crippen molar-refractivity contribution < 1.29 is 9.53 Å². The van der Waals surface area contributed by atoms with Gasteiger partial charge in [-0.2, -0.15) is 0 Å². The van der Waals surface area contributed by atoms with Gasteiger partial charge < -0.3 is 15.0 Å². The lowest BCUT2D eigenvalue weighted by Gasteiger charge is -2.08. The largest absolute Gasteiger partial charge is 0.379 e. The van der Waals surface area contributed by atoms with E-state index in [1.807, 2.05) is 44.3 Å². The predicted octanol–water partition coefficient (Wildman–Crippen LogP) is 2.71. The van der Waals surface area contributed by atoms with Crippen LogP contribution in [-0.2, 0) is 4.74 Å². The molecular formula is C15H20N2O2. The average Bonchev–Trinajstić information content (AvgIpc) is 2.85. The Morgan fingerprint density at radius 3 is 3.00 bits per heavy atom. The van der Waals surface area contributed by atoms with Crippen LogP contribution in [0, 0.1) is 0 Å². The van der Waals surface area contributed by atoms with Gasteiger partial charge in [-0.15, -0.1) is 0 Å². The number of aromatic amines is 1. The standard InChI is InChI=1S/C15H20N2O2/c1-11(2)19-10-4-8-17-15(18)13-6-3-5-12-7-9-16-14(12)13/h3,5-7,9,11,16H,4,8,10H2,1-2H3,(H,17,18). The summed E-state index contributed by atoms with van der Waals surface area (Å²) in [4.78, 5) is 15.2. The highest BCUT2D eigenvalue weighted by molar-refractivity contribution is 6.05. The Bertz CT molecular complexity index is 546. The molecule has 0 fully saturated rings. The number of ether oxygens (including phenoxy) is 1. The van der Waals surface area contributed by atoms with E-state index in [-0.39, 0.29) is 12.0 Å². The molecule has 1 aromatic heterocycles. The Morgan fingerprint density at radius 2 is 2.21 bits per heavy atom. The third-order valence-electron chi connectivity index (χ3n) is 2.89. The lowest BCUT2D eigenvalue weighted by molar-refractivity contribution is 0.0757. The van der Waals surface area contributed by atoms with Gasteiger partial charge in [0.15, 0.2) is 0 Å². The minimum absolute atomic E-state index is 0.0439. The number of hydrogen-bond donors (Lipinski definition) is 2. The van der Waals surface area contributed by atoms with Gasteiger partial charge in [-0.1, -0.05) is 12.1 Å². The van der Waals surface area contributed by atoms with E-state index >= 15 is 0 Å². The van der Waals surface area contributed by atoms with Crippen molar-refractivity contribution in [2.24, 2.45) is 0 Å². The molecule has 0 saturated carbocycles. The van der Waals surface area contributed by atoms with E-state index in [1.165, 1.54) is 0 Å². The summed E-state index contributed by atoms with van der Waals surface area (Å²) < 4.78 is 5.43. The minimum Gasteiger partial charge on any atom is -0.379 e. The molecular weight excluding hydrogens is 240 g/mol. The van der Waals surface area contributed by atoms with E-state index in [1.54, 1.807) is 0 Å². The van der Waals surface area contributed by atoms with Gasteiger partial charge >= 0.3 is 0 Å². The number of amides is 1. The summed E-state index contributed by atoms with van der Waals surface area (Å²) in [6.07, 6.45) is 2.91. The molecule has 2 N–H and O–H groups in total. The first kappa shape index (κ1) is 13.6. The molecule has 1 aromatic carbocycles. The predicted molar refractivity (Wildman–Crippen MR) is 76.3 cm³/mol. The highest BCUT2D eigenvalue weighted by Crippen LogP contribution is 2.16. The first-order valence-electron chi connectivity index (χ1n) is 6.64. The van der Waals surface area contributed by atoms with Crippen molar-refractivity contribution in [1.29, 1.82) is 0 Å². The highest BCUT2D eigenvalue weighted by atomic mass is 16.5. The number of rotatable bonds is 6. The maximum atomic E-state index is 12.1. The SMILES string of the molecule is CC(C)OCCCNC(=O)c1cccc2cc[nH]c12. The van der Waals surface area contributed by atoms with E-state index < -0.39 is 0 Å². The molecule has 0 aliphatic carbocycles. The second kappa shape index (κ2) is 6.38. The summed E-state index contributed by atoms with van der Waals surface area (Å²) in [6, 6.07) is 7.67. The van der Waals surface area contributed by atoms with Crippen LogP contribution in [0.1, 0.15) is 30.6 Å². The fourth-order valence-corrected chi connectivity index (χ4v) is 1.96. The molecule has 0 bridgehead atoms. The van der Waals surface area contributed by atoms with Crippen LogP contribution in [0.5, 0.6) is 0 Å². The first-order chi connectivity index (χ1) is 9.18. The fourth-order valence-electron chi connectivity index (χ4n) is 1.96. The average molecular weight is 260 g/mol. The third-order valence-corrected chi connectivity index (χ3v) is 2.89. The second-order valence-electron chi connectivity index (χ2n) is 4.78. The molecule has 0 spiro atoms. The third kappa shape index (κ3) is 3.58. The molecule has 102 valence electrons. The van der Waals surface area contributed by atoms with Gasteiger partial charge in [-0.3, -0.25) is 4.79 Å². The maximum Gasteiger partial charge on any atom is 0.253 e. The van der Waals surface area contributed by atoms with Gasteiger partial charge in [-0.05, 0) is 32.4 Å². The van der Waals surface area contributed by atoms with Crippen LogP contribution in [0.15, 0.2) is 30.5 Å². The van der Waals surface area contributed by atoms with Crippen LogP contribution in [0.3, 0.4) is 0 Å². The number of benzene rings is 1. The molecule has 0 aliphatic rings. The van der Waals surface area contributed by atoms with E-state index in [2.05, 4.69) is 10.3 Å². The van der Waals surface area contributed by atoms with Crippen molar-refractivity contribution >= 4 is 16.8 Å². The summed E-state index contributed by atoms with van der Waals surface area (Å²) in [5.41, 5.74) is 1.57. The summed E-state index contributed by atoms with van der Waals surface area (Å²) in [5, 5.41) is 3.97. The number of fused-ring (bicyclic) bond motifs is 1. The van der Waals surface area contributed by atoms with Gasteiger partial charge in [0.25, 0.3) is 5.91 Å². The number of nitrogens with one attached hydrogen (secondary N) is 2. The topological polar surface area (TPSA) is 54.1 Å². The zero-order valence-corrected chi connectivity index (χ0v) is 11.4. The van der Waals surface area contributed by atoms with Crippen molar-refractivity contribution in [1.82, 2.24) is 10.3 Å². The van der Waals surface area contributed by atoms with Crippen molar-refractivity contribution in [2.75, 3.05) is 13.2 Å². The molecule has 4 heteroatoms. The molecule has 2 rings (SSSR count). The second-order valence-corrected chi connectivity index (χ2v) is 4.78. The van der Waals surface area contributed by atoms with Crippen molar-refractivity contribution in [3.8, 4) is 0 Å². The van der Waals surface area contributed by atoms with Gasteiger partial charge in [-0.25, -0.2) is 0 Å². The van der Waals surface area contributed by atoms with E-state index in [9.17, 15) is 4.79 Å². The number of carbonyl (C=O) groups excluding carboxylic acids is 1. The van der Waals surface area contributed by atoms with Crippen molar-refractivity contribution in [3.63, 3.8) is 0 Å². The number of aromatic nitrogens is 1. The Morgan fingerprint density at radius 1 is 1.37 bits per heavy atom. The minimum atomic E-state index is -0.0439. The number of H-pyrrole nitrogens is 1. The molecule has 0 atom stereocenters. The molecule has 0 aliphatic heterocycles. The molecule has 1 amide bonds. The lowest BCUT2D eigenvalue weighted by Crippen LogP contribution is -2.25. The van der Waals surface area contributed by atoms with E-state index in [0.29, 0.717) is 18.7 Å². The van der Waals surface area contributed by atoms with Gasteiger partial charge in [0.1, 0.15) is 0 Å². The molecule has 0 saturated heterocycles. The Balaban J connectivity index is 1.88. The van der Waals surface area contributed by atoms with Gasteiger partial charge in [0.05, 0.1) is 17.2 Å². The van der Waals surface area contributed by atoms with Crippen LogP contribution in [0.2, 0.25) is 0 Å². The summed E-state index contributed by atoms with van der Waals surface area (Å²) in [6.45, 7) is 5.31. The molecule has 0 radical (unpaired) electrons. The first-order valence-corrected chi connectivity index (χ1v) is 6.64. The zero-order valence-electron chi connectivity index (χ0n) is 11.4. The molecule has 0 unspecified atom stereocenters. The summed E-state index contributed by atoms with van der Waals surface area (Å²) >= 11 is 0. The normalized spacial score (nSPS) is 11.1. The highest BCUT2D eigenvalue weighted by Gasteiger charge is 2.09. The number of carbonyl (C=O) groups is 1. The Kier molecular flexibility index (Phi) is 4.58.